The van der Waals surface area contributed by atoms with E-state index in [1.807, 2.05) is 48.5 Å². The van der Waals surface area contributed by atoms with Crippen molar-refractivity contribution in [2.45, 2.75) is 13.8 Å². The number of rotatable bonds is 6. The number of ketones is 1. The summed E-state index contributed by atoms with van der Waals surface area (Å²) in [5, 5.41) is 0. The van der Waals surface area contributed by atoms with Gasteiger partial charge in [-0.15, -0.1) is 0 Å². The minimum atomic E-state index is -0.426. The predicted molar refractivity (Wildman–Crippen MR) is 91.9 cm³/mol. The van der Waals surface area contributed by atoms with Crippen LogP contribution >= 0.6 is 0 Å². The third-order valence-electron chi connectivity index (χ3n) is 3.13. The van der Waals surface area contributed by atoms with Gasteiger partial charge in [-0.3, -0.25) is 0 Å². The van der Waals surface area contributed by atoms with Crippen molar-refractivity contribution < 1.29 is 14.3 Å². The Hall–Kier alpha value is -2.16. The number of esters is 1. The zero-order valence-corrected chi connectivity index (χ0v) is 14.8. The van der Waals surface area contributed by atoms with E-state index in [2.05, 4.69) is 0 Å². The van der Waals surface area contributed by atoms with Crippen molar-refractivity contribution in [2.75, 3.05) is 6.61 Å². The first-order valence-corrected chi connectivity index (χ1v) is 9.05. The molecule has 0 saturated heterocycles. The number of allylic oxidation sites excluding steroid dienone is 1. The van der Waals surface area contributed by atoms with Crippen molar-refractivity contribution in [3.8, 4) is 0 Å². The maximum absolute atomic E-state index is 12.8. The van der Waals surface area contributed by atoms with Crippen molar-refractivity contribution in [3.05, 3.63) is 76.3 Å². The zero-order valence-electron chi connectivity index (χ0n) is 13.1. The Bertz CT molecular complexity index is 706. The van der Waals surface area contributed by atoms with Crippen LogP contribution < -0.4 is 4.46 Å². The van der Waals surface area contributed by atoms with E-state index in [9.17, 15) is 9.59 Å². The van der Waals surface area contributed by atoms with E-state index in [4.69, 9.17) is 4.74 Å². The molecule has 0 N–H and O–H groups in total. The molecule has 4 heteroatoms. The second kappa shape index (κ2) is 8.47. The van der Waals surface area contributed by atoms with Crippen molar-refractivity contribution >= 4 is 31.2 Å². The Kier molecular flexibility index (Phi) is 6.33. The standard InChI is InChI=1S/C19H18O3Se/c1-3-22-19(21)14(2)18(23-16-12-8-5-9-13-16)17(20)15-10-6-4-7-11-15/h4-13H,3H2,1-2H3/b18-14+. The predicted octanol–water partition coefficient (Wildman–Crippen LogP) is 2.74. The summed E-state index contributed by atoms with van der Waals surface area (Å²) >= 11 is -0.259. The van der Waals surface area contributed by atoms with Gasteiger partial charge in [0.1, 0.15) is 0 Å². The van der Waals surface area contributed by atoms with Crippen LogP contribution in [-0.4, -0.2) is 33.3 Å². The molecule has 0 saturated carbocycles. The SMILES string of the molecule is CCOC(=O)/C(C)=C(/[Se]c1ccccc1)C(=O)c1ccccc1. The Balaban J connectivity index is 2.41. The van der Waals surface area contributed by atoms with Gasteiger partial charge in [0.05, 0.1) is 0 Å². The van der Waals surface area contributed by atoms with E-state index < -0.39 is 5.97 Å². The van der Waals surface area contributed by atoms with Gasteiger partial charge in [0.2, 0.25) is 0 Å². The summed E-state index contributed by atoms with van der Waals surface area (Å²) in [5.74, 6) is -0.537. The third kappa shape index (κ3) is 4.65. The maximum atomic E-state index is 12.8. The van der Waals surface area contributed by atoms with E-state index in [0.29, 0.717) is 22.2 Å². The van der Waals surface area contributed by atoms with E-state index >= 15 is 0 Å². The number of Topliss-reactive ketones (excluding diaryl/α,β-unsaturated/α-hetero) is 1. The summed E-state index contributed by atoms with van der Waals surface area (Å²) in [6.45, 7) is 3.71. The third-order valence-corrected chi connectivity index (χ3v) is 5.65. The number of hydrogen-bond donors (Lipinski definition) is 0. The van der Waals surface area contributed by atoms with Gasteiger partial charge < -0.3 is 0 Å². The van der Waals surface area contributed by atoms with Crippen LogP contribution in [0.15, 0.2) is 70.7 Å². The Morgan fingerprint density at radius 1 is 0.957 bits per heavy atom. The van der Waals surface area contributed by atoms with Crippen LogP contribution in [0.2, 0.25) is 0 Å². The molecule has 0 atom stereocenters. The molecule has 2 aromatic rings. The first kappa shape index (κ1) is 17.2. The fourth-order valence-corrected chi connectivity index (χ4v) is 4.00. The van der Waals surface area contributed by atoms with Gasteiger partial charge in [0.25, 0.3) is 0 Å². The molecule has 0 heterocycles. The number of benzene rings is 2. The van der Waals surface area contributed by atoms with Crippen molar-refractivity contribution in [3.63, 3.8) is 0 Å². The molecule has 0 amide bonds. The molecule has 3 nitrogen and oxygen atoms in total. The number of carbonyl (C=O) groups is 2. The summed E-state index contributed by atoms with van der Waals surface area (Å²) in [5.41, 5.74) is 0.980. The molecule has 0 aliphatic rings. The Morgan fingerprint density at radius 2 is 1.52 bits per heavy atom. The molecule has 0 aromatic heterocycles. The molecular formula is C19H18O3Se. The minimum absolute atomic E-state index is 0.111. The van der Waals surface area contributed by atoms with Crippen LogP contribution in [0.5, 0.6) is 0 Å². The summed E-state index contributed by atoms with van der Waals surface area (Å²) in [4.78, 5) is 24.9. The quantitative estimate of drug-likeness (QED) is 0.339. The van der Waals surface area contributed by atoms with E-state index in [1.54, 1.807) is 26.0 Å². The van der Waals surface area contributed by atoms with Crippen LogP contribution in [0.4, 0.5) is 0 Å². The first-order valence-electron chi connectivity index (χ1n) is 7.34. The summed E-state index contributed by atoms with van der Waals surface area (Å²) < 4.78 is 6.65. The van der Waals surface area contributed by atoms with Gasteiger partial charge in [-0.2, -0.15) is 0 Å². The first-order chi connectivity index (χ1) is 11.1. The normalized spacial score (nSPS) is 11.6. The molecule has 0 radical (unpaired) electrons. The van der Waals surface area contributed by atoms with Crippen LogP contribution in [0.1, 0.15) is 24.2 Å². The summed E-state index contributed by atoms with van der Waals surface area (Å²) in [7, 11) is 0. The topological polar surface area (TPSA) is 43.4 Å². The van der Waals surface area contributed by atoms with Gasteiger partial charge in [-0.1, -0.05) is 0 Å². The molecule has 0 unspecified atom stereocenters. The van der Waals surface area contributed by atoms with E-state index in [0.717, 1.165) is 4.46 Å². The van der Waals surface area contributed by atoms with Gasteiger partial charge in [-0.05, 0) is 0 Å². The van der Waals surface area contributed by atoms with Gasteiger partial charge in [-0.25, -0.2) is 0 Å². The van der Waals surface area contributed by atoms with Crippen LogP contribution in [0, 0.1) is 0 Å². The number of ether oxygens (including phenoxy) is 1. The number of hydrogen-bond acceptors (Lipinski definition) is 3. The molecule has 118 valence electrons. The van der Waals surface area contributed by atoms with E-state index in [-0.39, 0.29) is 20.7 Å². The van der Waals surface area contributed by atoms with Crippen LogP contribution in [0.3, 0.4) is 0 Å². The molecule has 0 bridgehead atoms. The molecule has 2 rings (SSSR count). The van der Waals surface area contributed by atoms with Gasteiger partial charge in [0, 0.05) is 0 Å². The van der Waals surface area contributed by atoms with Crippen molar-refractivity contribution in [1.29, 1.82) is 0 Å². The molecule has 0 spiro atoms. The van der Waals surface area contributed by atoms with Crippen molar-refractivity contribution in [2.24, 2.45) is 0 Å². The molecule has 0 fully saturated rings. The molecule has 2 aromatic carbocycles. The van der Waals surface area contributed by atoms with Crippen LogP contribution in [-0.2, 0) is 9.53 Å². The average Bonchev–Trinajstić information content (AvgIpc) is 2.60. The molecule has 0 aliphatic heterocycles. The summed E-state index contributed by atoms with van der Waals surface area (Å²) in [6, 6.07) is 18.8. The van der Waals surface area contributed by atoms with Crippen molar-refractivity contribution in [1.82, 2.24) is 0 Å². The second-order valence-electron chi connectivity index (χ2n) is 4.78. The molecule has 23 heavy (non-hydrogen) atoms. The fourth-order valence-electron chi connectivity index (χ4n) is 1.95. The molecule has 0 aliphatic carbocycles. The Labute approximate surface area is 142 Å². The molecular weight excluding hydrogens is 355 g/mol. The zero-order chi connectivity index (χ0) is 16.7. The Morgan fingerprint density at radius 3 is 2.09 bits per heavy atom. The average molecular weight is 373 g/mol. The fraction of sp³-hybridized carbons (Fsp3) is 0.158. The number of carbonyl (C=O) groups excluding carboxylic acids is 2. The van der Waals surface area contributed by atoms with Crippen LogP contribution in [0.25, 0.3) is 0 Å². The van der Waals surface area contributed by atoms with Gasteiger partial charge >= 0.3 is 142 Å². The summed E-state index contributed by atoms with van der Waals surface area (Å²) in [6.07, 6.45) is 0. The second-order valence-corrected chi connectivity index (χ2v) is 7.06. The van der Waals surface area contributed by atoms with E-state index in [1.165, 1.54) is 0 Å². The van der Waals surface area contributed by atoms with Gasteiger partial charge in [0.15, 0.2) is 0 Å². The monoisotopic (exact) mass is 374 g/mol.